The summed E-state index contributed by atoms with van der Waals surface area (Å²) in [6.45, 7) is 1.15. The predicted octanol–water partition coefficient (Wildman–Crippen LogP) is 1.70. The van der Waals surface area contributed by atoms with Crippen molar-refractivity contribution in [1.82, 2.24) is 4.90 Å². The van der Waals surface area contributed by atoms with Crippen LogP contribution in [0.1, 0.15) is 51.4 Å². The SMILES string of the molecule is CN(CCCN)C(=O)CC(=O)OC12CC3CC(CC(C3)C1)C2. The predicted molar refractivity (Wildman–Crippen MR) is 82.9 cm³/mol. The van der Waals surface area contributed by atoms with Crippen molar-refractivity contribution in [2.75, 3.05) is 20.1 Å². The molecule has 0 radical (unpaired) electrons. The summed E-state index contributed by atoms with van der Waals surface area (Å²) in [5.41, 5.74) is 5.20. The van der Waals surface area contributed by atoms with E-state index in [1.165, 1.54) is 19.3 Å². The molecule has 124 valence electrons. The standard InChI is InChI=1S/C17H28N2O3/c1-19(4-2-3-18)15(20)8-16(21)22-17-9-12-5-13(10-17)7-14(6-12)11-17/h12-14H,2-11,18H2,1H3. The summed E-state index contributed by atoms with van der Waals surface area (Å²) in [5.74, 6) is 1.71. The number of carbonyl (C=O) groups is 2. The van der Waals surface area contributed by atoms with Crippen molar-refractivity contribution in [3.8, 4) is 0 Å². The average Bonchev–Trinajstić information content (AvgIpc) is 2.42. The van der Waals surface area contributed by atoms with Gasteiger partial charge in [-0.25, -0.2) is 0 Å². The maximum absolute atomic E-state index is 12.2. The van der Waals surface area contributed by atoms with Crippen LogP contribution in [0.15, 0.2) is 0 Å². The fourth-order valence-electron chi connectivity index (χ4n) is 5.15. The molecule has 4 aliphatic carbocycles. The highest BCUT2D eigenvalue weighted by Crippen LogP contribution is 2.57. The lowest BCUT2D eigenvalue weighted by molar-refractivity contribution is -0.187. The molecule has 5 nitrogen and oxygen atoms in total. The Kier molecular flexibility index (Phi) is 4.44. The first-order valence-electron chi connectivity index (χ1n) is 8.65. The van der Waals surface area contributed by atoms with Gasteiger partial charge in [-0.1, -0.05) is 0 Å². The molecule has 4 fully saturated rings. The first-order chi connectivity index (χ1) is 10.5. The molecule has 5 heteroatoms. The van der Waals surface area contributed by atoms with E-state index in [1.807, 2.05) is 0 Å². The normalized spacial score (nSPS) is 35.5. The van der Waals surface area contributed by atoms with Gasteiger partial charge in [0.25, 0.3) is 0 Å². The molecule has 4 bridgehead atoms. The Morgan fingerprint density at radius 1 is 1.14 bits per heavy atom. The third-order valence-electron chi connectivity index (χ3n) is 5.73. The van der Waals surface area contributed by atoms with Crippen LogP contribution in [0.5, 0.6) is 0 Å². The molecule has 2 N–H and O–H groups in total. The van der Waals surface area contributed by atoms with Crippen molar-refractivity contribution in [1.29, 1.82) is 0 Å². The number of esters is 1. The summed E-state index contributed by atoms with van der Waals surface area (Å²) in [7, 11) is 1.72. The van der Waals surface area contributed by atoms with E-state index in [9.17, 15) is 9.59 Å². The zero-order chi connectivity index (χ0) is 15.7. The summed E-state index contributed by atoms with van der Waals surface area (Å²) in [4.78, 5) is 25.8. The molecule has 0 aromatic carbocycles. The lowest BCUT2D eigenvalue weighted by Gasteiger charge is -2.55. The largest absolute Gasteiger partial charge is 0.459 e. The molecule has 0 atom stereocenters. The Labute approximate surface area is 132 Å². The van der Waals surface area contributed by atoms with Crippen LogP contribution in [0.2, 0.25) is 0 Å². The Morgan fingerprint density at radius 2 is 1.68 bits per heavy atom. The van der Waals surface area contributed by atoms with Crippen LogP contribution in [0, 0.1) is 17.8 Å². The van der Waals surface area contributed by atoms with Gasteiger partial charge in [-0.2, -0.15) is 0 Å². The average molecular weight is 308 g/mol. The van der Waals surface area contributed by atoms with Crippen LogP contribution in [0.4, 0.5) is 0 Å². The molecule has 22 heavy (non-hydrogen) atoms. The van der Waals surface area contributed by atoms with E-state index in [0.717, 1.165) is 43.4 Å². The molecular weight excluding hydrogens is 280 g/mol. The zero-order valence-corrected chi connectivity index (χ0v) is 13.6. The molecule has 0 aromatic heterocycles. The maximum atomic E-state index is 12.2. The van der Waals surface area contributed by atoms with Crippen molar-refractivity contribution in [2.45, 2.75) is 57.0 Å². The van der Waals surface area contributed by atoms with Crippen molar-refractivity contribution < 1.29 is 14.3 Å². The number of carbonyl (C=O) groups excluding carboxylic acids is 2. The van der Waals surface area contributed by atoms with Crippen LogP contribution in [-0.4, -0.2) is 42.5 Å². The minimum atomic E-state index is -0.341. The van der Waals surface area contributed by atoms with Crippen molar-refractivity contribution in [3.63, 3.8) is 0 Å². The number of hydrogen-bond acceptors (Lipinski definition) is 4. The van der Waals surface area contributed by atoms with Crippen LogP contribution < -0.4 is 5.73 Å². The molecule has 0 aliphatic heterocycles. The number of ether oxygens (including phenoxy) is 1. The molecular formula is C17H28N2O3. The fraction of sp³-hybridized carbons (Fsp3) is 0.882. The number of nitrogens with zero attached hydrogens (tertiary/aromatic N) is 1. The second kappa shape index (κ2) is 6.19. The lowest BCUT2D eigenvalue weighted by Crippen LogP contribution is -2.53. The summed E-state index contributed by atoms with van der Waals surface area (Å²) >= 11 is 0. The van der Waals surface area contributed by atoms with Gasteiger partial charge in [0.05, 0.1) is 0 Å². The fourth-order valence-corrected chi connectivity index (χ4v) is 5.15. The number of amides is 1. The van der Waals surface area contributed by atoms with Gasteiger partial charge in [0.2, 0.25) is 5.91 Å². The third kappa shape index (κ3) is 3.29. The minimum Gasteiger partial charge on any atom is -0.459 e. The van der Waals surface area contributed by atoms with E-state index in [1.54, 1.807) is 11.9 Å². The van der Waals surface area contributed by atoms with Gasteiger partial charge >= 0.3 is 5.97 Å². The topological polar surface area (TPSA) is 72.6 Å². The molecule has 0 unspecified atom stereocenters. The van der Waals surface area contributed by atoms with E-state index in [2.05, 4.69) is 0 Å². The van der Waals surface area contributed by atoms with E-state index in [4.69, 9.17) is 10.5 Å². The lowest BCUT2D eigenvalue weighted by atomic mass is 9.54. The quantitative estimate of drug-likeness (QED) is 0.599. The van der Waals surface area contributed by atoms with E-state index in [-0.39, 0.29) is 23.9 Å². The van der Waals surface area contributed by atoms with Crippen molar-refractivity contribution in [2.24, 2.45) is 23.5 Å². The van der Waals surface area contributed by atoms with Gasteiger partial charge in [0.1, 0.15) is 12.0 Å². The molecule has 1 amide bonds. The highest BCUT2D eigenvalue weighted by Gasteiger charge is 2.53. The van der Waals surface area contributed by atoms with Gasteiger partial charge in [-0.15, -0.1) is 0 Å². The smallest absolute Gasteiger partial charge is 0.315 e. The third-order valence-corrected chi connectivity index (χ3v) is 5.73. The Morgan fingerprint density at radius 3 is 2.18 bits per heavy atom. The Hall–Kier alpha value is -1.10. The summed E-state index contributed by atoms with van der Waals surface area (Å²) in [5, 5.41) is 0. The van der Waals surface area contributed by atoms with Crippen molar-refractivity contribution in [3.05, 3.63) is 0 Å². The van der Waals surface area contributed by atoms with Crippen LogP contribution >= 0.6 is 0 Å². The van der Waals surface area contributed by atoms with Gasteiger partial charge in [0, 0.05) is 13.6 Å². The molecule has 4 rings (SSSR count). The molecule has 0 spiro atoms. The summed E-state index contributed by atoms with van der Waals surface area (Å²) in [6, 6.07) is 0. The Bertz CT molecular complexity index is 414. The van der Waals surface area contributed by atoms with E-state index >= 15 is 0 Å². The molecule has 4 aliphatic rings. The van der Waals surface area contributed by atoms with E-state index in [0.29, 0.717) is 13.1 Å². The first kappa shape index (κ1) is 15.8. The summed E-state index contributed by atoms with van der Waals surface area (Å²) in [6.07, 6.45) is 7.62. The minimum absolute atomic E-state index is 0.136. The zero-order valence-electron chi connectivity index (χ0n) is 13.6. The first-order valence-corrected chi connectivity index (χ1v) is 8.65. The van der Waals surface area contributed by atoms with Crippen LogP contribution in [0.25, 0.3) is 0 Å². The highest BCUT2D eigenvalue weighted by molar-refractivity contribution is 5.94. The van der Waals surface area contributed by atoms with Gasteiger partial charge in [-0.05, 0) is 69.2 Å². The number of nitrogens with two attached hydrogens (primary N) is 1. The molecule has 4 saturated carbocycles. The molecule has 0 saturated heterocycles. The van der Waals surface area contributed by atoms with Gasteiger partial charge in [0.15, 0.2) is 0 Å². The van der Waals surface area contributed by atoms with Gasteiger partial charge < -0.3 is 15.4 Å². The van der Waals surface area contributed by atoms with Gasteiger partial charge in [-0.3, -0.25) is 9.59 Å². The van der Waals surface area contributed by atoms with Crippen molar-refractivity contribution >= 4 is 11.9 Å². The maximum Gasteiger partial charge on any atom is 0.315 e. The monoisotopic (exact) mass is 308 g/mol. The van der Waals surface area contributed by atoms with E-state index < -0.39 is 0 Å². The molecule has 0 aromatic rings. The van der Waals surface area contributed by atoms with Crippen LogP contribution in [-0.2, 0) is 14.3 Å². The summed E-state index contributed by atoms with van der Waals surface area (Å²) < 4.78 is 5.86. The Balaban J connectivity index is 1.52. The number of hydrogen-bond donors (Lipinski definition) is 1. The number of rotatable bonds is 6. The second-order valence-electron chi connectivity index (χ2n) is 7.71. The van der Waals surface area contributed by atoms with Crippen LogP contribution in [0.3, 0.4) is 0 Å². The second-order valence-corrected chi connectivity index (χ2v) is 7.71. The molecule has 0 heterocycles. The highest BCUT2D eigenvalue weighted by atomic mass is 16.6.